The van der Waals surface area contributed by atoms with E-state index in [1.165, 1.54) is 29.8 Å². The maximum Gasteiger partial charge on any atom is 0.0674 e. The van der Waals surface area contributed by atoms with E-state index in [0.717, 1.165) is 6.54 Å². The van der Waals surface area contributed by atoms with Gasteiger partial charge in [0.05, 0.1) is 6.04 Å². The van der Waals surface area contributed by atoms with Crippen molar-refractivity contribution in [3.8, 4) is 0 Å². The van der Waals surface area contributed by atoms with E-state index in [0.29, 0.717) is 0 Å². The number of hydrogen-bond donors (Lipinski definition) is 1. The molecule has 0 saturated heterocycles. The lowest BCUT2D eigenvalue weighted by molar-refractivity contribution is 0.636. The van der Waals surface area contributed by atoms with E-state index in [1.54, 1.807) is 0 Å². The highest BCUT2D eigenvalue weighted by Crippen LogP contribution is 2.36. The summed E-state index contributed by atoms with van der Waals surface area (Å²) in [4.78, 5) is 2.68. The minimum absolute atomic E-state index is 0.262. The lowest BCUT2D eigenvalue weighted by Crippen LogP contribution is -2.22. The van der Waals surface area contributed by atoms with Crippen LogP contribution < -0.4 is 5.32 Å². The van der Waals surface area contributed by atoms with E-state index in [9.17, 15) is 0 Å². The molecule has 4 heteroatoms. The van der Waals surface area contributed by atoms with Crippen LogP contribution in [-0.2, 0) is 0 Å². The van der Waals surface area contributed by atoms with Crippen LogP contribution in [0.1, 0.15) is 33.8 Å². The molecule has 0 bridgehead atoms. The number of benzene rings is 1. The van der Waals surface area contributed by atoms with Gasteiger partial charge in [0.2, 0.25) is 0 Å². The second-order valence-electron chi connectivity index (χ2n) is 4.50. The lowest BCUT2D eigenvalue weighted by Gasteiger charge is -2.20. The van der Waals surface area contributed by atoms with Gasteiger partial charge >= 0.3 is 0 Å². The van der Waals surface area contributed by atoms with Crippen LogP contribution in [0.4, 0.5) is 0 Å². The molecule has 1 nitrogen and oxygen atoms in total. The van der Waals surface area contributed by atoms with Gasteiger partial charge in [0.1, 0.15) is 0 Å². The first kappa shape index (κ1) is 15.2. The highest BCUT2D eigenvalue weighted by atomic mass is 79.9. The fourth-order valence-electron chi connectivity index (χ4n) is 2.13. The molecule has 0 radical (unpaired) electrons. The first-order valence-corrected chi connectivity index (χ1v) is 8.69. The third kappa shape index (κ3) is 3.30. The predicted molar refractivity (Wildman–Crippen MR) is 91.2 cm³/mol. The van der Waals surface area contributed by atoms with E-state index in [4.69, 9.17) is 0 Å². The molecule has 1 unspecified atom stereocenters. The summed E-state index contributed by atoms with van der Waals surface area (Å²) in [6.07, 6.45) is 0. The standard InChI is InChI=1S/C15H17Br2NS/c1-4-18-15(14-8-13(17)10(3)19-14)11-6-5-7-12(16)9(11)2/h5-8,15,18H,4H2,1-3H3. The van der Waals surface area contributed by atoms with E-state index in [2.05, 4.69) is 82.2 Å². The summed E-state index contributed by atoms with van der Waals surface area (Å²) in [7, 11) is 0. The summed E-state index contributed by atoms with van der Waals surface area (Å²) in [6, 6.07) is 8.89. The van der Waals surface area contributed by atoms with Crippen molar-refractivity contribution < 1.29 is 0 Å². The highest BCUT2D eigenvalue weighted by Gasteiger charge is 2.19. The highest BCUT2D eigenvalue weighted by molar-refractivity contribution is 9.10. The van der Waals surface area contributed by atoms with Crippen molar-refractivity contribution in [2.24, 2.45) is 0 Å². The molecule has 19 heavy (non-hydrogen) atoms. The number of hydrogen-bond acceptors (Lipinski definition) is 2. The molecular formula is C15H17Br2NS. The number of aryl methyl sites for hydroxylation is 1. The molecule has 2 aromatic rings. The van der Waals surface area contributed by atoms with Gasteiger partial charge in [-0.15, -0.1) is 11.3 Å². The Morgan fingerprint density at radius 1 is 1.21 bits per heavy atom. The zero-order valence-corrected chi connectivity index (χ0v) is 15.2. The number of thiophene rings is 1. The fourth-order valence-corrected chi connectivity index (χ4v) is 4.17. The monoisotopic (exact) mass is 401 g/mol. The van der Waals surface area contributed by atoms with Crippen LogP contribution in [0.25, 0.3) is 0 Å². The SMILES string of the molecule is CCNC(c1cc(Br)c(C)s1)c1cccc(Br)c1C. The Kier molecular flexibility index (Phi) is 5.23. The number of rotatable bonds is 4. The normalized spacial score (nSPS) is 12.7. The van der Waals surface area contributed by atoms with Crippen LogP contribution in [0.2, 0.25) is 0 Å². The molecule has 1 aromatic carbocycles. The van der Waals surface area contributed by atoms with Gasteiger partial charge in [-0.3, -0.25) is 0 Å². The second-order valence-corrected chi connectivity index (χ2v) is 7.49. The van der Waals surface area contributed by atoms with Crippen molar-refractivity contribution in [3.05, 3.63) is 54.1 Å². The van der Waals surface area contributed by atoms with Gasteiger partial charge in [0.15, 0.2) is 0 Å². The van der Waals surface area contributed by atoms with Gasteiger partial charge in [0, 0.05) is 18.7 Å². The number of halogens is 2. The molecule has 0 aliphatic heterocycles. The van der Waals surface area contributed by atoms with Crippen LogP contribution in [0.5, 0.6) is 0 Å². The van der Waals surface area contributed by atoms with Crippen molar-refractivity contribution in [2.45, 2.75) is 26.8 Å². The average Bonchev–Trinajstić information content (AvgIpc) is 2.70. The Labute approximate surface area is 135 Å². The third-order valence-corrected chi connectivity index (χ3v) is 6.25. The van der Waals surface area contributed by atoms with Crippen LogP contribution in [0, 0.1) is 13.8 Å². The molecule has 0 amide bonds. The zero-order chi connectivity index (χ0) is 14.0. The Morgan fingerprint density at radius 3 is 2.53 bits per heavy atom. The first-order valence-electron chi connectivity index (χ1n) is 6.28. The topological polar surface area (TPSA) is 12.0 Å². The van der Waals surface area contributed by atoms with Crippen LogP contribution >= 0.6 is 43.2 Å². The van der Waals surface area contributed by atoms with E-state index >= 15 is 0 Å². The Bertz CT molecular complexity index is 558. The summed E-state index contributed by atoms with van der Waals surface area (Å²) in [5.74, 6) is 0. The quantitative estimate of drug-likeness (QED) is 0.702. The van der Waals surface area contributed by atoms with Gasteiger partial charge in [0.25, 0.3) is 0 Å². The van der Waals surface area contributed by atoms with Crippen molar-refractivity contribution in [1.29, 1.82) is 0 Å². The van der Waals surface area contributed by atoms with E-state index < -0.39 is 0 Å². The fraction of sp³-hybridized carbons (Fsp3) is 0.333. The average molecular weight is 403 g/mol. The Balaban J connectivity index is 2.48. The van der Waals surface area contributed by atoms with Crippen molar-refractivity contribution in [2.75, 3.05) is 6.54 Å². The van der Waals surface area contributed by atoms with Crippen molar-refractivity contribution in [1.82, 2.24) is 5.32 Å². The minimum Gasteiger partial charge on any atom is -0.306 e. The molecule has 102 valence electrons. The molecule has 1 atom stereocenters. The summed E-state index contributed by atoms with van der Waals surface area (Å²) >= 11 is 9.09. The maximum absolute atomic E-state index is 3.62. The molecule has 0 aliphatic rings. The smallest absolute Gasteiger partial charge is 0.0674 e. The molecule has 0 aliphatic carbocycles. The maximum atomic E-state index is 3.62. The predicted octanol–water partition coefficient (Wildman–Crippen LogP) is 5.59. The number of nitrogens with one attached hydrogen (secondary N) is 1. The molecule has 0 fully saturated rings. The van der Waals surface area contributed by atoms with Gasteiger partial charge in [-0.1, -0.05) is 35.0 Å². The van der Waals surface area contributed by atoms with Gasteiger partial charge in [-0.2, -0.15) is 0 Å². The molecule has 1 N–H and O–H groups in total. The van der Waals surface area contributed by atoms with Crippen molar-refractivity contribution >= 4 is 43.2 Å². The van der Waals surface area contributed by atoms with Gasteiger partial charge in [-0.25, -0.2) is 0 Å². The summed E-state index contributed by atoms with van der Waals surface area (Å²) < 4.78 is 2.36. The van der Waals surface area contributed by atoms with Crippen LogP contribution in [0.3, 0.4) is 0 Å². The summed E-state index contributed by atoms with van der Waals surface area (Å²) in [5, 5.41) is 3.59. The second kappa shape index (κ2) is 6.53. The van der Waals surface area contributed by atoms with Crippen LogP contribution in [-0.4, -0.2) is 6.54 Å². The largest absolute Gasteiger partial charge is 0.306 e. The lowest BCUT2D eigenvalue weighted by atomic mass is 10.00. The Hall–Kier alpha value is -0.160. The molecule has 0 saturated carbocycles. The van der Waals surface area contributed by atoms with Gasteiger partial charge < -0.3 is 5.32 Å². The Morgan fingerprint density at radius 2 is 1.95 bits per heavy atom. The van der Waals surface area contributed by atoms with E-state index in [1.807, 2.05) is 11.3 Å². The molecule has 0 spiro atoms. The summed E-state index contributed by atoms with van der Waals surface area (Å²) in [5.41, 5.74) is 2.64. The van der Waals surface area contributed by atoms with E-state index in [-0.39, 0.29) is 6.04 Å². The molecule has 2 rings (SSSR count). The first-order chi connectivity index (χ1) is 9.04. The zero-order valence-electron chi connectivity index (χ0n) is 11.3. The molecule has 1 heterocycles. The van der Waals surface area contributed by atoms with Crippen molar-refractivity contribution in [3.63, 3.8) is 0 Å². The molecular weight excluding hydrogens is 386 g/mol. The van der Waals surface area contributed by atoms with Gasteiger partial charge in [-0.05, 0) is 59.6 Å². The molecule has 1 aromatic heterocycles. The third-order valence-electron chi connectivity index (χ3n) is 3.19. The minimum atomic E-state index is 0.262. The van der Waals surface area contributed by atoms with Crippen LogP contribution in [0.15, 0.2) is 33.2 Å². The summed E-state index contributed by atoms with van der Waals surface area (Å²) in [6.45, 7) is 7.41.